The maximum Gasteiger partial charge on any atom is 0.0841 e. The van der Waals surface area contributed by atoms with Crippen LogP contribution in [-0.4, -0.2) is 5.11 Å². The molecule has 2 rings (SSSR count). The highest BCUT2D eigenvalue weighted by Crippen LogP contribution is 2.28. The summed E-state index contributed by atoms with van der Waals surface area (Å²) >= 11 is 5.19. The molecule has 1 atom stereocenters. The highest BCUT2D eigenvalue weighted by atomic mass is 79.9. The summed E-state index contributed by atoms with van der Waals surface area (Å²) in [7, 11) is 0. The maximum atomic E-state index is 10.3. The van der Waals surface area contributed by atoms with E-state index >= 15 is 0 Å². The molecule has 0 bridgehead atoms. The summed E-state index contributed by atoms with van der Waals surface area (Å²) in [6.07, 6.45) is 0.255. The number of halogens is 1. The van der Waals surface area contributed by atoms with Crippen LogP contribution in [0.25, 0.3) is 0 Å². The molecule has 0 aliphatic heterocycles. The summed E-state index contributed by atoms with van der Waals surface area (Å²) < 4.78 is 1.06. The number of rotatable bonds is 3. The Morgan fingerprint density at radius 3 is 2.65 bits per heavy atom. The summed E-state index contributed by atoms with van der Waals surface area (Å²) in [5.74, 6) is 0. The van der Waals surface area contributed by atoms with Crippen molar-refractivity contribution in [1.29, 1.82) is 0 Å². The number of aliphatic hydroxyl groups excluding tert-OH is 1. The molecule has 1 nitrogen and oxygen atoms in total. The molecule has 90 valence electrons. The first kappa shape index (κ1) is 12.8. The summed E-state index contributed by atoms with van der Waals surface area (Å²) in [5.41, 5.74) is 2.21. The Kier molecular flexibility index (Phi) is 4.02. The molecular weight excluding hydrogens is 296 g/mol. The van der Waals surface area contributed by atoms with E-state index in [1.54, 1.807) is 11.3 Å². The Labute approximate surface area is 114 Å². The largest absolute Gasteiger partial charge is 0.388 e. The highest BCUT2D eigenvalue weighted by Gasteiger charge is 2.13. The fourth-order valence-electron chi connectivity index (χ4n) is 1.98. The minimum absolute atomic E-state index is 0.408. The average molecular weight is 311 g/mol. The van der Waals surface area contributed by atoms with Crippen LogP contribution in [0.2, 0.25) is 0 Å². The van der Waals surface area contributed by atoms with Gasteiger partial charge in [-0.15, -0.1) is 11.3 Å². The van der Waals surface area contributed by atoms with E-state index in [4.69, 9.17) is 0 Å². The number of hydrogen-bond donors (Lipinski definition) is 1. The van der Waals surface area contributed by atoms with Gasteiger partial charge in [-0.05, 0) is 43.2 Å². The van der Waals surface area contributed by atoms with Gasteiger partial charge < -0.3 is 5.11 Å². The van der Waals surface area contributed by atoms with Crippen LogP contribution in [0.3, 0.4) is 0 Å². The lowest BCUT2D eigenvalue weighted by molar-refractivity contribution is 0.178. The van der Waals surface area contributed by atoms with Gasteiger partial charge in [-0.1, -0.05) is 28.1 Å². The van der Waals surface area contributed by atoms with Crippen LogP contribution in [0.5, 0.6) is 0 Å². The van der Waals surface area contributed by atoms with Crippen LogP contribution in [0.4, 0.5) is 0 Å². The zero-order chi connectivity index (χ0) is 12.4. The van der Waals surface area contributed by atoms with E-state index in [0.717, 1.165) is 15.6 Å². The Morgan fingerprint density at radius 2 is 2.06 bits per heavy atom. The lowest BCUT2D eigenvalue weighted by Crippen LogP contribution is -2.01. The number of aliphatic hydroxyl groups is 1. The number of aryl methyl sites for hydroxylation is 2. The van der Waals surface area contributed by atoms with E-state index in [9.17, 15) is 5.11 Å². The number of thiophene rings is 1. The van der Waals surface area contributed by atoms with Gasteiger partial charge in [0.05, 0.1) is 6.10 Å². The van der Waals surface area contributed by atoms with Gasteiger partial charge in [0.15, 0.2) is 0 Å². The molecule has 0 fully saturated rings. The zero-order valence-electron chi connectivity index (χ0n) is 9.90. The molecule has 3 heteroatoms. The van der Waals surface area contributed by atoms with Crippen LogP contribution in [0.1, 0.15) is 27.0 Å². The second-order valence-electron chi connectivity index (χ2n) is 4.22. The smallest absolute Gasteiger partial charge is 0.0841 e. The van der Waals surface area contributed by atoms with Crippen molar-refractivity contribution in [3.63, 3.8) is 0 Å². The number of hydrogen-bond acceptors (Lipinski definition) is 2. The van der Waals surface area contributed by atoms with Gasteiger partial charge in [0.2, 0.25) is 0 Å². The van der Waals surface area contributed by atoms with E-state index in [1.807, 2.05) is 18.2 Å². The van der Waals surface area contributed by atoms with Crippen molar-refractivity contribution in [2.75, 3.05) is 0 Å². The molecule has 1 heterocycles. The van der Waals surface area contributed by atoms with Crippen LogP contribution in [-0.2, 0) is 6.42 Å². The van der Waals surface area contributed by atoms with Crippen molar-refractivity contribution >= 4 is 27.3 Å². The molecule has 1 aromatic carbocycles. The van der Waals surface area contributed by atoms with Gasteiger partial charge in [0.25, 0.3) is 0 Å². The Bertz CT molecular complexity index is 519. The molecule has 1 N–H and O–H groups in total. The third kappa shape index (κ3) is 3.18. The van der Waals surface area contributed by atoms with Crippen LogP contribution in [0.15, 0.2) is 34.8 Å². The van der Waals surface area contributed by atoms with Crippen LogP contribution >= 0.6 is 27.3 Å². The molecule has 0 saturated carbocycles. The fraction of sp³-hybridized carbons (Fsp3) is 0.286. The molecule has 0 aliphatic carbocycles. The predicted octanol–water partition coefficient (Wildman–Crippen LogP) is 4.40. The first-order chi connectivity index (χ1) is 8.06. The van der Waals surface area contributed by atoms with Crippen molar-refractivity contribution in [3.8, 4) is 0 Å². The van der Waals surface area contributed by atoms with Crippen molar-refractivity contribution < 1.29 is 5.11 Å². The zero-order valence-corrected chi connectivity index (χ0v) is 12.3. The number of benzene rings is 1. The van der Waals surface area contributed by atoms with Gasteiger partial charge in [-0.25, -0.2) is 0 Å². The summed E-state index contributed by atoms with van der Waals surface area (Å²) in [5, 5.41) is 10.3. The molecule has 0 radical (unpaired) electrons. The van der Waals surface area contributed by atoms with Gasteiger partial charge in [-0.2, -0.15) is 0 Å². The lowest BCUT2D eigenvalue weighted by Gasteiger charge is -2.10. The molecule has 0 aliphatic rings. The Hall–Kier alpha value is -0.640. The molecular formula is C14H15BrOS. The molecule has 0 saturated heterocycles. The van der Waals surface area contributed by atoms with E-state index in [-0.39, 0.29) is 0 Å². The molecule has 0 spiro atoms. The Balaban J connectivity index is 2.16. The van der Waals surface area contributed by atoms with Crippen molar-refractivity contribution in [3.05, 3.63) is 55.7 Å². The third-order valence-corrected chi connectivity index (χ3v) is 4.23. The monoisotopic (exact) mass is 310 g/mol. The van der Waals surface area contributed by atoms with Gasteiger partial charge >= 0.3 is 0 Å². The second-order valence-corrected chi connectivity index (χ2v) is 6.59. The topological polar surface area (TPSA) is 20.2 Å². The lowest BCUT2D eigenvalue weighted by atomic mass is 10.0. The van der Waals surface area contributed by atoms with Crippen molar-refractivity contribution in [1.82, 2.24) is 0 Å². The first-order valence-corrected chi connectivity index (χ1v) is 7.16. The second kappa shape index (κ2) is 5.34. The minimum atomic E-state index is -0.408. The Morgan fingerprint density at radius 1 is 1.29 bits per heavy atom. The van der Waals surface area contributed by atoms with E-state index in [2.05, 4.69) is 41.9 Å². The van der Waals surface area contributed by atoms with Crippen molar-refractivity contribution in [2.45, 2.75) is 26.4 Å². The minimum Gasteiger partial charge on any atom is -0.388 e. The van der Waals surface area contributed by atoms with E-state index < -0.39 is 6.10 Å². The van der Waals surface area contributed by atoms with Gasteiger partial charge in [0, 0.05) is 20.6 Å². The summed E-state index contributed by atoms with van der Waals surface area (Å²) in [6.45, 7) is 4.14. The van der Waals surface area contributed by atoms with Crippen molar-refractivity contribution in [2.24, 2.45) is 0 Å². The molecule has 1 unspecified atom stereocenters. The molecule has 1 aromatic heterocycles. The van der Waals surface area contributed by atoms with E-state index in [1.165, 1.54) is 9.75 Å². The quantitative estimate of drug-likeness (QED) is 0.890. The molecule has 17 heavy (non-hydrogen) atoms. The molecule has 0 amide bonds. The summed E-state index contributed by atoms with van der Waals surface area (Å²) in [6, 6.07) is 10.2. The van der Waals surface area contributed by atoms with Crippen LogP contribution < -0.4 is 0 Å². The normalized spacial score (nSPS) is 12.7. The first-order valence-electron chi connectivity index (χ1n) is 5.55. The maximum absolute atomic E-state index is 10.3. The predicted molar refractivity (Wildman–Crippen MR) is 76.6 cm³/mol. The third-order valence-electron chi connectivity index (χ3n) is 2.76. The average Bonchev–Trinajstić information content (AvgIpc) is 2.58. The fourth-order valence-corrected chi connectivity index (χ4v) is 3.41. The highest BCUT2D eigenvalue weighted by molar-refractivity contribution is 9.10. The van der Waals surface area contributed by atoms with E-state index in [0.29, 0.717) is 6.42 Å². The van der Waals surface area contributed by atoms with Gasteiger partial charge in [0.1, 0.15) is 0 Å². The molecule has 2 aromatic rings. The van der Waals surface area contributed by atoms with Gasteiger partial charge in [-0.3, -0.25) is 0 Å². The van der Waals surface area contributed by atoms with Crippen LogP contribution in [0, 0.1) is 13.8 Å². The summed E-state index contributed by atoms with van der Waals surface area (Å²) in [4.78, 5) is 2.47. The SMILES string of the molecule is Cc1cc(C(O)Cc2cccc(Br)c2)c(C)s1. The standard InChI is InChI=1S/C14H15BrOS/c1-9-6-13(10(2)17-9)14(16)8-11-4-3-5-12(15)7-11/h3-7,14,16H,8H2,1-2H3.